The minimum atomic E-state index is 0.0747. The lowest BCUT2D eigenvalue weighted by Gasteiger charge is -2.32. The number of anilines is 1. The molecule has 0 aliphatic carbocycles. The molecule has 0 amide bonds. The van der Waals surface area contributed by atoms with E-state index in [0.717, 1.165) is 37.1 Å². The molecule has 1 aromatic heterocycles. The minimum absolute atomic E-state index is 0.0747. The second-order valence-electron chi connectivity index (χ2n) is 6.51. The van der Waals surface area contributed by atoms with Gasteiger partial charge in [0.2, 0.25) is 0 Å². The van der Waals surface area contributed by atoms with Crippen LogP contribution >= 0.6 is 0 Å². The summed E-state index contributed by atoms with van der Waals surface area (Å²) in [6.45, 7) is 9.81. The number of nitrogens with zero attached hydrogens (tertiary/aromatic N) is 3. The number of hydrogen-bond acceptors (Lipinski definition) is 4. The summed E-state index contributed by atoms with van der Waals surface area (Å²) in [5, 5.41) is 12.0. The zero-order valence-corrected chi connectivity index (χ0v) is 12.6. The molecule has 0 aromatic carbocycles. The van der Waals surface area contributed by atoms with Gasteiger partial charge in [-0.15, -0.1) is 5.10 Å². The van der Waals surface area contributed by atoms with Crippen molar-refractivity contribution in [1.82, 2.24) is 15.5 Å². The average molecular weight is 262 g/mol. The van der Waals surface area contributed by atoms with Gasteiger partial charge >= 0.3 is 0 Å². The third kappa shape index (κ3) is 3.66. The molecule has 4 heteroatoms. The molecule has 0 unspecified atom stereocenters. The number of hydrogen-bond donors (Lipinski definition) is 1. The van der Waals surface area contributed by atoms with Gasteiger partial charge in [0.15, 0.2) is 5.82 Å². The molecule has 1 aliphatic heterocycles. The van der Waals surface area contributed by atoms with E-state index in [-0.39, 0.29) is 5.41 Å². The quantitative estimate of drug-likeness (QED) is 0.907. The minimum Gasteiger partial charge on any atom is -0.355 e. The van der Waals surface area contributed by atoms with Crippen molar-refractivity contribution in [2.75, 3.05) is 31.6 Å². The fraction of sp³-hybridized carbons (Fsp3) is 0.733. The summed E-state index contributed by atoms with van der Waals surface area (Å²) in [5.74, 6) is 1.83. The lowest BCUT2D eigenvalue weighted by atomic mass is 9.92. The second kappa shape index (κ2) is 5.87. The van der Waals surface area contributed by atoms with E-state index in [1.165, 1.54) is 12.8 Å². The van der Waals surface area contributed by atoms with Gasteiger partial charge in [0.05, 0.1) is 5.69 Å². The van der Waals surface area contributed by atoms with Crippen LogP contribution < -0.4 is 10.2 Å². The Morgan fingerprint density at radius 3 is 2.37 bits per heavy atom. The van der Waals surface area contributed by atoms with Gasteiger partial charge in [-0.25, -0.2) is 0 Å². The van der Waals surface area contributed by atoms with E-state index < -0.39 is 0 Å². The van der Waals surface area contributed by atoms with Crippen molar-refractivity contribution in [2.24, 2.45) is 5.92 Å². The molecule has 106 valence electrons. The Morgan fingerprint density at radius 2 is 1.89 bits per heavy atom. The van der Waals surface area contributed by atoms with Crippen molar-refractivity contribution in [3.63, 3.8) is 0 Å². The van der Waals surface area contributed by atoms with Gasteiger partial charge in [-0.05, 0) is 44.5 Å². The van der Waals surface area contributed by atoms with Crippen molar-refractivity contribution >= 4 is 5.82 Å². The number of rotatable bonds is 3. The Morgan fingerprint density at radius 1 is 1.21 bits per heavy atom. The summed E-state index contributed by atoms with van der Waals surface area (Å²) in [6.07, 6.45) is 2.48. The summed E-state index contributed by atoms with van der Waals surface area (Å²) in [5.41, 5.74) is 1.13. The van der Waals surface area contributed by atoms with Crippen LogP contribution in [-0.2, 0) is 5.41 Å². The molecule has 0 saturated carbocycles. The number of aromatic nitrogens is 2. The zero-order chi connectivity index (χ0) is 13.9. The molecule has 1 aromatic rings. The maximum Gasteiger partial charge on any atom is 0.151 e. The summed E-state index contributed by atoms with van der Waals surface area (Å²) in [7, 11) is 2.03. The lowest BCUT2D eigenvalue weighted by Crippen LogP contribution is -2.37. The molecule has 1 aliphatic rings. The average Bonchev–Trinajstić information content (AvgIpc) is 2.39. The van der Waals surface area contributed by atoms with Crippen LogP contribution in [0.1, 0.15) is 39.3 Å². The molecule has 4 nitrogen and oxygen atoms in total. The zero-order valence-electron chi connectivity index (χ0n) is 12.6. The topological polar surface area (TPSA) is 41.0 Å². The first-order valence-corrected chi connectivity index (χ1v) is 7.24. The predicted octanol–water partition coefficient (Wildman–Crippen LogP) is 2.21. The van der Waals surface area contributed by atoms with Crippen LogP contribution in [0.15, 0.2) is 12.1 Å². The molecule has 2 rings (SSSR count). The van der Waals surface area contributed by atoms with E-state index >= 15 is 0 Å². The standard InChI is InChI=1S/C15H26N4/c1-15(2,3)13-5-6-14(18-17-13)19-9-7-12(8-10-19)11-16-4/h5-6,12,16H,7-11H2,1-4H3. The van der Waals surface area contributed by atoms with Crippen molar-refractivity contribution in [3.05, 3.63) is 17.8 Å². The third-order valence-electron chi connectivity index (χ3n) is 3.85. The maximum atomic E-state index is 4.40. The molecule has 0 radical (unpaired) electrons. The monoisotopic (exact) mass is 262 g/mol. The maximum absolute atomic E-state index is 4.40. The van der Waals surface area contributed by atoms with Crippen molar-refractivity contribution in [2.45, 2.75) is 39.0 Å². The van der Waals surface area contributed by atoms with Crippen LogP contribution in [0.25, 0.3) is 0 Å². The van der Waals surface area contributed by atoms with Crippen molar-refractivity contribution in [1.29, 1.82) is 0 Å². The first kappa shape index (κ1) is 14.3. The Balaban J connectivity index is 1.97. The highest BCUT2D eigenvalue weighted by Gasteiger charge is 2.21. The van der Waals surface area contributed by atoms with E-state index in [1.807, 2.05) is 7.05 Å². The van der Waals surface area contributed by atoms with Crippen LogP contribution in [0.4, 0.5) is 5.82 Å². The SMILES string of the molecule is CNCC1CCN(c2ccc(C(C)(C)C)nn2)CC1. The first-order valence-electron chi connectivity index (χ1n) is 7.24. The van der Waals surface area contributed by atoms with Gasteiger partial charge in [0.25, 0.3) is 0 Å². The summed E-state index contributed by atoms with van der Waals surface area (Å²) in [6, 6.07) is 4.23. The Hall–Kier alpha value is -1.16. The molecule has 1 fully saturated rings. The van der Waals surface area contributed by atoms with Gasteiger partial charge in [0, 0.05) is 18.5 Å². The summed E-state index contributed by atoms with van der Waals surface area (Å²) >= 11 is 0. The molecule has 19 heavy (non-hydrogen) atoms. The fourth-order valence-electron chi connectivity index (χ4n) is 2.55. The van der Waals surface area contributed by atoms with Gasteiger partial charge in [0.1, 0.15) is 0 Å². The molecular weight excluding hydrogens is 236 g/mol. The van der Waals surface area contributed by atoms with Crippen LogP contribution in [0.3, 0.4) is 0 Å². The molecular formula is C15H26N4. The third-order valence-corrected chi connectivity index (χ3v) is 3.85. The van der Waals surface area contributed by atoms with Crippen LogP contribution in [0, 0.1) is 5.92 Å². The van der Waals surface area contributed by atoms with Crippen LogP contribution in [0.2, 0.25) is 0 Å². The molecule has 0 bridgehead atoms. The Bertz CT molecular complexity index is 386. The normalized spacial score (nSPS) is 17.8. The fourth-order valence-corrected chi connectivity index (χ4v) is 2.55. The predicted molar refractivity (Wildman–Crippen MR) is 79.6 cm³/mol. The number of piperidine rings is 1. The Kier molecular flexibility index (Phi) is 4.40. The van der Waals surface area contributed by atoms with E-state index in [0.29, 0.717) is 0 Å². The van der Waals surface area contributed by atoms with E-state index in [4.69, 9.17) is 0 Å². The highest BCUT2D eigenvalue weighted by molar-refractivity contribution is 5.38. The van der Waals surface area contributed by atoms with Gasteiger partial charge in [-0.3, -0.25) is 0 Å². The van der Waals surface area contributed by atoms with Crippen molar-refractivity contribution < 1.29 is 0 Å². The van der Waals surface area contributed by atoms with Gasteiger partial charge in [-0.1, -0.05) is 20.8 Å². The highest BCUT2D eigenvalue weighted by Crippen LogP contribution is 2.23. The first-order chi connectivity index (χ1) is 9.00. The highest BCUT2D eigenvalue weighted by atomic mass is 15.3. The summed E-state index contributed by atoms with van der Waals surface area (Å²) < 4.78 is 0. The largest absolute Gasteiger partial charge is 0.355 e. The van der Waals surface area contributed by atoms with E-state index in [1.54, 1.807) is 0 Å². The van der Waals surface area contributed by atoms with Crippen LogP contribution in [-0.4, -0.2) is 36.9 Å². The van der Waals surface area contributed by atoms with Crippen molar-refractivity contribution in [3.8, 4) is 0 Å². The Labute approximate surface area is 116 Å². The molecule has 0 atom stereocenters. The summed E-state index contributed by atoms with van der Waals surface area (Å²) in [4.78, 5) is 2.35. The van der Waals surface area contributed by atoms with Gasteiger partial charge in [-0.2, -0.15) is 5.10 Å². The smallest absolute Gasteiger partial charge is 0.151 e. The molecule has 1 N–H and O–H groups in total. The lowest BCUT2D eigenvalue weighted by molar-refractivity contribution is 0.391. The molecule has 2 heterocycles. The van der Waals surface area contributed by atoms with E-state index in [2.05, 4.69) is 53.3 Å². The van der Waals surface area contributed by atoms with Crippen LogP contribution in [0.5, 0.6) is 0 Å². The molecule has 1 saturated heterocycles. The van der Waals surface area contributed by atoms with E-state index in [9.17, 15) is 0 Å². The number of nitrogens with one attached hydrogen (secondary N) is 1. The van der Waals surface area contributed by atoms with Gasteiger partial charge < -0.3 is 10.2 Å². The molecule has 0 spiro atoms. The second-order valence-corrected chi connectivity index (χ2v) is 6.51.